The van der Waals surface area contributed by atoms with Crippen molar-refractivity contribution in [1.29, 1.82) is 0 Å². The summed E-state index contributed by atoms with van der Waals surface area (Å²) in [4.78, 5) is 28.0. The quantitative estimate of drug-likeness (QED) is 0.341. The second-order valence-corrected chi connectivity index (χ2v) is 10.1. The lowest BCUT2D eigenvalue weighted by Gasteiger charge is -2.33. The van der Waals surface area contributed by atoms with Gasteiger partial charge in [0.2, 0.25) is 0 Å². The SMILES string of the molecule is COc1cc(CCC(CC(CC2CCCCC2CO)OC(C)=O)OC(C)=O)c(-c2ccnc(N)c2)cc1O. The normalized spacial score (nSPS) is 18.8. The van der Waals surface area contributed by atoms with Crippen LogP contribution in [0, 0.1) is 11.8 Å². The number of ether oxygens (including phenoxy) is 3. The molecule has 4 N–H and O–H groups in total. The van der Waals surface area contributed by atoms with Gasteiger partial charge in [0, 0.05) is 33.1 Å². The van der Waals surface area contributed by atoms with Crippen molar-refractivity contribution in [3.63, 3.8) is 0 Å². The topological polar surface area (TPSA) is 141 Å². The number of aromatic nitrogens is 1. The summed E-state index contributed by atoms with van der Waals surface area (Å²) in [5.74, 6) is 0.338. The Morgan fingerprint density at radius 2 is 1.76 bits per heavy atom. The number of esters is 2. The van der Waals surface area contributed by atoms with Crippen LogP contribution >= 0.6 is 0 Å². The largest absolute Gasteiger partial charge is 0.504 e. The van der Waals surface area contributed by atoms with E-state index in [1.54, 1.807) is 24.4 Å². The van der Waals surface area contributed by atoms with Gasteiger partial charge in [-0.25, -0.2) is 4.98 Å². The minimum absolute atomic E-state index is 0.000915. The van der Waals surface area contributed by atoms with E-state index >= 15 is 0 Å². The lowest BCUT2D eigenvalue weighted by atomic mass is 9.76. The van der Waals surface area contributed by atoms with Crippen LogP contribution in [-0.2, 0) is 25.5 Å². The zero-order valence-electron chi connectivity index (χ0n) is 22.5. The summed E-state index contributed by atoms with van der Waals surface area (Å²) in [6.45, 7) is 2.87. The Labute approximate surface area is 224 Å². The number of aliphatic hydroxyl groups excluding tert-OH is 1. The second-order valence-electron chi connectivity index (χ2n) is 10.1. The second kappa shape index (κ2) is 14.0. The molecule has 1 aliphatic carbocycles. The Kier molecular flexibility index (Phi) is 10.8. The van der Waals surface area contributed by atoms with Crippen molar-refractivity contribution in [2.75, 3.05) is 19.5 Å². The Balaban J connectivity index is 1.82. The summed E-state index contributed by atoms with van der Waals surface area (Å²) in [5.41, 5.74) is 8.33. The van der Waals surface area contributed by atoms with Crippen LogP contribution in [0.5, 0.6) is 11.5 Å². The van der Waals surface area contributed by atoms with Crippen molar-refractivity contribution >= 4 is 17.8 Å². The Bertz CT molecular complexity index is 1090. The van der Waals surface area contributed by atoms with Crippen LogP contribution in [0.25, 0.3) is 11.1 Å². The lowest BCUT2D eigenvalue weighted by Crippen LogP contribution is -2.32. The number of carbonyl (C=O) groups excluding carboxylic acids is 2. The van der Waals surface area contributed by atoms with Gasteiger partial charge in [0.05, 0.1) is 7.11 Å². The maximum absolute atomic E-state index is 12.0. The molecule has 0 amide bonds. The van der Waals surface area contributed by atoms with Crippen LogP contribution in [0.1, 0.15) is 64.4 Å². The summed E-state index contributed by atoms with van der Waals surface area (Å²) in [6.07, 6.45) is 6.76. The third-order valence-corrected chi connectivity index (χ3v) is 7.29. The molecule has 1 fully saturated rings. The minimum Gasteiger partial charge on any atom is -0.504 e. The Morgan fingerprint density at radius 3 is 2.39 bits per heavy atom. The molecule has 38 heavy (non-hydrogen) atoms. The van der Waals surface area contributed by atoms with Crippen molar-refractivity contribution < 1.29 is 34.0 Å². The van der Waals surface area contributed by atoms with E-state index in [0.717, 1.165) is 42.4 Å². The van der Waals surface area contributed by atoms with Gasteiger partial charge in [-0.3, -0.25) is 9.59 Å². The summed E-state index contributed by atoms with van der Waals surface area (Å²) in [5, 5.41) is 20.3. The fraction of sp³-hybridized carbons (Fsp3) is 0.552. The molecule has 0 aliphatic heterocycles. The van der Waals surface area contributed by atoms with Crippen molar-refractivity contribution in [2.45, 2.75) is 77.4 Å². The monoisotopic (exact) mass is 528 g/mol. The number of phenols is 1. The van der Waals surface area contributed by atoms with Crippen LogP contribution in [0.15, 0.2) is 30.5 Å². The van der Waals surface area contributed by atoms with Crippen LogP contribution < -0.4 is 10.5 Å². The van der Waals surface area contributed by atoms with E-state index in [1.165, 1.54) is 21.0 Å². The molecule has 0 spiro atoms. The van der Waals surface area contributed by atoms with E-state index in [1.807, 2.05) is 6.07 Å². The lowest BCUT2D eigenvalue weighted by molar-refractivity contribution is -0.154. The molecule has 3 rings (SSSR count). The molecule has 208 valence electrons. The van der Waals surface area contributed by atoms with Crippen molar-refractivity contribution in [1.82, 2.24) is 4.98 Å². The highest BCUT2D eigenvalue weighted by atomic mass is 16.6. The average Bonchev–Trinajstić information content (AvgIpc) is 2.87. The van der Waals surface area contributed by atoms with Crippen LogP contribution in [0.2, 0.25) is 0 Å². The number of anilines is 1. The number of methoxy groups -OCH3 is 1. The van der Waals surface area contributed by atoms with E-state index in [2.05, 4.69) is 4.98 Å². The number of pyridine rings is 1. The van der Waals surface area contributed by atoms with Gasteiger partial charge in [-0.05, 0) is 84.9 Å². The molecular weight excluding hydrogens is 488 g/mol. The van der Waals surface area contributed by atoms with E-state index in [9.17, 15) is 19.8 Å². The number of nitrogens with two attached hydrogens (primary N) is 1. The molecule has 4 unspecified atom stereocenters. The van der Waals surface area contributed by atoms with Crippen molar-refractivity contribution in [3.8, 4) is 22.6 Å². The first-order valence-electron chi connectivity index (χ1n) is 13.3. The third-order valence-electron chi connectivity index (χ3n) is 7.29. The molecule has 1 saturated carbocycles. The number of hydrogen-bond acceptors (Lipinski definition) is 9. The molecule has 1 aliphatic rings. The zero-order chi connectivity index (χ0) is 27.7. The molecule has 9 nitrogen and oxygen atoms in total. The van der Waals surface area contributed by atoms with Crippen LogP contribution in [-0.4, -0.2) is 53.1 Å². The maximum atomic E-state index is 12.0. The number of nitrogen functional groups attached to an aromatic ring is 1. The summed E-state index contributed by atoms with van der Waals surface area (Å²) >= 11 is 0. The van der Waals surface area contributed by atoms with Crippen molar-refractivity contribution in [2.24, 2.45) is 11.8 Å². The van der Waals surface area contributed by atoms with Gasteiger partial charge >= 0.3 is 11.9 Å². The molecule has 0 radical (unpaired) electrons. The molecule has 2 aromatic rings. The number of aromatic hydroxyl groups is 1. The highest BCUT2D eigenvalue weighted by molar-refractivity contribution is 5.72. The van der Waals surface area contributed by atoms with Gasteiger partial charge in [-0.2, -0.15) is 0 Å². The van der Waals surface area contributed by atoms with Crippen LogP contribution in [0.4, 0.5) is 5.82 Å². The Morgan fingerprint density at radius 1 is 1.08 bits per heavy atom. The van der Waals surface area contributed by atoms with E-state index in [0.29, 0.717) is 37.3 Å². The number of carbonyl (C=O) groups is 2. The van der Waals surface area contributed by atoms with Crippen LogP contribution in [0.3, 0.4) is 0 Å². The van der Waals surface area contributed by atoms with Gasteiger partial charge in [0.1, 0.15) is 18.0 Å². The van der Waals surface area contributed by atoms with Crippen molar-refractivity contribution in [3.05, 3.63) is 36.0 Å². The highest BCUT2D eigenvalue weighted by Crippen LogP contribution is 2.37. The molecule has 4 atom stereocenters. The van der Waals surface area contributed by atoms with E-state index in [-0.39, 0.29) is 30.2 Å². The van der Waals surface area contributed by atoms with Gasteiger partial charge < -0.3 is 30.2 Å². The fourth-order valence-corrected chi connectivity index (χ4v) is 5.53. The number of aliphatic hydroxyl groups is 1. The number of phenolic OH excluding ortho intramolecular Hbond substituents is 1. The molecular formula is C29H40N2O7. The minimum atomic E-state index is -0.497. The number of aryl methyl sites for hydroxylation is 1. The first-order valence-corrected chi connectivity index (χ1v) is 13.3. The predicted molar refractivity (Wildman–Crippen MR) is 143 cm³/mol. The summed E-state index contributed by atoms with van der Waals surface area (Å²) < 4.78 is 16.7. The van der Waals surface area contributed by atoms with Gasteiger partial charge in [0.25, 0.3) is 0 Å². The molecule has 1 aromatic carbocycles. The highest BCUT2D eigenvalue weighted by Gasteiger charge is 2.30. The predicted octanol–water partition coefficient (Wildman–Crippen LogP) is 4.42. The third kappa shape index (κ3) is 8.34. The van der Waals surface area contributed by atoms with Gasteiger partial charge in [-0.1, -0.05) is 12.8 Å². The van der Waals surface area contributed by atoms with E-state index in [4.69, 9.17) is 19.9 Å². The molecule has 0 bridgehead atoms. The van der Waals surface area contributed by atoms with Gasteiger partial charge in [-0.15, -0.1) is 0 Å². The fourth-order valence-electron chi connectivity index (χ4n) is 5.53. The standard InChI is InChI=1S/C29H40N2O7/c1-18(33)37-24(15-25(38-19(2)34)12-20-6-4-5-7-23(20)17-32)9-8-21-13-28(36-3)27(35)16-26(21)22-10-11-31-29(30)14-22/h10-11,13-14,16,20,23-25,32,35H,4-9,12,15,17H2,1-3H3,(H2,30,31). The molecule has 0 saturated heterocycles. The number of rotatable bonds is 12. The average molecular weight is 529 g/mol. The molecule has 9 heteroatoms. The first-order chi connectivity index (χ1) is 18.2. The molecule has 1 heterocycles. The Hall–Kier alpha value is -3.33. The molecule has 1 aromatic heterocycles. The zero-order valence-corrected chi connectivity index (χ0v) is 22.5. The number of hydrogen-bond donors (Lipinski definition) is 3. The maximum Gasteiger partial charge on any atom is 0.302 e. The smallest absolute Gasteiger partial charge is 0.302 e. The number of nitrogens with zero attached hydrogens (tertiary/aromatic N) is 1. The van der Waals surface area contributed by atoms with Gasteiger partial charge in [0.15, 0.2) is 11.5 Å². The summed E-state index contributed by atoms with van der Waals surface area (Å²) in [6, 6.07) is 6.93. The number of benzene rings is 1. The summed E-state index contributed by atoms with van der Waals surface area (Å²) in [7, 11) is 1.49. The first kappa shape index (κ1) is 29.2. The van der Waals surface area contributed by atoms with E-state index < -0.39 is 18.2 Å².